The predicted molar refractivity (Wildman–Crippen MR) is 151 cm³/mol. The number of H-pyrrole nitrogens is 1. The monoisotopic (exact) mass is 541 g/mol. The number of benzene rings is 3. The zero-order valence-corrected chi connectivity index (χ0v) is 21.9. The van der Waals surface area contributed by atoms with Gasteiger partial charge in [0.25, 0.3) is 5.56 Å². The molecule has 1 fully saturated rings. The van der Waals surface area contributed by atoms with Gasteiger partial charge >= 0.3 is 6.09 Å². The first-order chi connectivity index (χ1) is 19.0. The Morgan fingerprint density at radius 2 is 1.54 bits per heavy atom. The molecule has 0 bridgehead atoms. The van der Waals surface area contributed by atoms with Crippen molar-refractivity contribution in [3.8, 4) is 23.1 Å². The molecule has 4 aromatic rings. The van der Waals surface area contributed by atoms with E-state index in [1.54, 1.807) is 35.2 Å². The quantitative estimate of drug-likeness (QED) is 0.282. The fourth-order valence-corrected chi connectivity index (χ4v) is 4.62. The molecule has 1 aromatic heterocycles. The summed E-state index contributed by atoms with van der Waals surface area (Å²) in [6, 6.07) is 25.9. The van der Waals surface area contributed by atoms with Gasteiger partial charge in [-0.05, 0) is 73.1 Å². The zero-order valence-electron chi connectivity index (χ0n) is 21.1. The van der Waals surface area contributed by atoms with Gasteiger partial charge in [0.05, 0.1) is 5.69 Å². The molecule has 9 heteroatoms. The highest BCUT2D eigenvalue weighted by molar-refractivity contribution is 7.71. The van der Waals surface area contributed by atoms with E-state index in [0.29, 0.717) is 43.1 Å². The lowest BCUT2D eigenvalue weighted by molar-refractivity contribution is 0.0936. The molecule has 3 aromatic carbocycles. The molecular weight excluding hydrogens is 514 g/mol. The van der Waals surface area contributed by atoms with Gasteiger partial charge in [0, 0.05) is 13.1 Å². The third-order valence-corrected chi connectivity index (χ3v) is 6.70. The first kappa shape index (κ1) is 26.0. The SMILES string of the molecule is O=C(OCc1ccccc1)N1CCC(=Cc2c(O)n(-c3ccc(Oc4ccccc4)cc3)c(=S)[nH]c2=O)CC1. The van der Waals surface area contributed by atoms with E-state index >= 15 is 0 Å². The van der Waals surface area contributed by atoms with Gasteiger partial charge in [-0.2, -0.15) is 0 Å². The molecule has 39 heavy (non-hydrogen) atoms. The van der Waals surface area contributed by atoms with Gasteiger partial charge in [-0.15, -0.1) is 0 Å². The standard InChI is InChI=1S/C30H27N3O5S/c34-27-26(19-21-15-17-32(18-16-21)30(36)37-20-22-7-3-1-4-8-22)28(35)33(29(39)31-27)23-11-13-25(14-12-23)38-24-9-5-2-6-10-24/h1-14,19,35H,15-18,20H2,(H,31,34,39). The minimum Gasteiger partial charge on any atom is -0.494 e. The number of aromatic amines is 1. The van der Waals surface area contributed by atoms with Crippen molar-refractivity contribution in [2.45, 2.75) is 19.4 Å². The van der Waals surface area contributed by atoms with E-state index in [0.717, 1.165) is 11.1 Å². The molecule has 2 N–H and O–H groups in total. The Labute approximate surface area is 230 Å². The van der Waals surface area contributed by atoms with E-state index in [-0.39, 0.29) is 28.9 Å². The number of hydrogen-bond acceptors (Lipinski definition) is 6. The summed E-state index contributed by atoms with van der Waals surface area (Å²) in [5.41, 5.74) is 2.08. The van der Waals surface area contributed by atoms with E-state index in [9.17, 15) is 14.7 Å². The normalized spacial score (nSPS) is 13.1. The van der Waals surface area contributed by atoms with Crippen LogP contribution in [-0.2, 0) is 11.3 Å². The molecule has 5 rings (SSSR count). The van der Waals surface area contributed by atoms with Gasteiger partial charge in [0.1, 0.15) is 23.7 Å². The summed E-state index contributed by atoms with van der Waals surface area (Å²) in [6.45, 7) is 1.13. The first-order valence-electron chi connectivity index (χ1n) is 12.5. The summed E-state index contributed by atoms with van der Waals surface area (Å²) >= 11 is 5.35. The minimum atomic E-state index is -0.477. The molecule has 1 aliphatic heterocycles. The van der Waals surface area contributed by atoms with Crippen LogP contribution in [0.4, 0.5) is 4.79 Å². The molecule has 0 atom stereocenters. The summed E-state index contributed by atoms with van der Waals surface area (Å²) in [6.07, 6.45) is 2.42. The van der Waals surface area contributed by atoms with Crippen molar-refractivity contribution < 1.29 is 19.4 Å². The van der Waals surface area contributed by atoms with E-state index in [4.69, 9.17) is 21.7 Å². The Bertz CT molecular complexity index is 1590. The van der Waals surface area contributed by atoms with E-state index in [1.165, 1.54) is 4.57 Å². The molecule has 0 radical (unpaired) electrons. The van der Waals surface area contributed by atoms with Gasteiger partial charge < -0.3 is 19.5 Å². The lowest BCUT2D eigenvalue weighted by atomic mass is 10.0. The lowest BCUT2D eigenvalue weighted by Crippen LogP contribution is -2.36. The van der Waals surface area contributed by atoms with Crippen LogP contribution < -0.4 is 10.3 Å². The number of aromatic nitrogens is 2. The Hall–Kier alpha value is -4.63. The zero-order chi connectivity index (χ0) is 27.2. The second kappa shape index (κ2) is 11.8. The highest BCUT2D eigenvalue weighted by atomic mass is 32.1. The molecule has 0 spiro atoms. The average molecular weight is 542 g/mol. The summed E-state index contributed by atoms with van der Waals surface area (Å²) in [4.78, 5) is 29.5. The molecule has 2 heterocycles. The van der Waals surface area contributed by atoms with E-state index in [2.05, 4.69) is 4.98 Å². The summed E-state index contributed by atoms with van der Waals surface area (Å²) in [5.74, 6) is 1.08. The summed E-state index contributed by atoms with van der Waals surface area (Å²) in [5, 5.41) is 11.1. The fraction of sp³-hybridized carbons (Fsp3) is 0.167. The van der Waals surface area contributed by atoms with Gasteiger partial charge in [-0.1, -0.05) is 54.1 Å². The highest BCUT2D eigenvalue weighted by Crippen LogP contribution is 2.27. The summed E-state index contributed by atoms with van der Waals surface area (Å²) in [7, 11) is 0. The van der Waals surface area contributed by atoms with Crippen molar-refractivity contribution in [3.05, 3.63) is 117 Å². The van der Waals surface area contributed by atoms with Gasteiger partial charge in [0.15, 0.2) is 4.77 Å². The van der Waals surface area contributed by atoms with Gasteiger partial charge in [0.2, 0.25) is 5.88 Å². The Kier molecular flexibility index (Phi) is 7.88. The molecule has 0 saturated carbocycles. The largest absolute Gasteiger partial charge is 0.494 e. The van der Waals surface area contributed by atoms with Crippen LogP contribution in [0, 0.1) is 4.77 Å². The number of nitrogens with one attached hydrogen (secondary N) is 1. The van der Waals surface area contributed by atoms with E-state index in [1.807, 2.05) is 60.7 Å². The van der Waals surface area contributed by atoms with Gasteiger partial charge in [-0.3, -0.25) is 14.3 Å². The molecule has 198 valence electrons. The maximum Gasteiger partial charge on any atom is 0.410 e. The molecule has 8 nitrogen and oxygen atoms in total. The van der Waals surface area contributed by atoms with Gasteiger partial charge in [-0.25, -0.2) is 4.79 Å². The van der Waals surface area contributed by atoms with Crippen LogP contribution in [0.2, 0.25) is 0 Å². The Morgan fingerprint density at radius 3 is 2.21 bits per heavy atom. The average Bonchev–Trinajstić information content (AvgIpc) is 2.96. The van der Waals surface area contributed by atoms with Crippen molar-refractivity contribution in [2.75, 3.05) is 13.1 Å². The molecule has 0 aliphatic carbocycles. The summed E-state index contributed by atoms with van der Waals surface area (Å²) < 4.78 is 12.7. The van der Waals surface area contributed by atoms with Crippen molar-refractivity contribution in [3.63, 3.8) is 0 Å². The third kappa shape index (κ3) is 6.27. The Balaban J connectivity index is 1.28. The van der Waals surface area contributed by atoms with Crippen LogP contribution in [0.5, 0.6) is 17.4 Å². The first-order valence-corrected chi connectivity index (χ1v) is 13.0. The number of piperidine rings is 1. The lowest BCUT2D eigenvalue weighted by Gasteiger charge is -2.27. The van der Waals surface area contributed by atoms with Crippen molar-refractivity contribution in [1.82, 2.24) is 14.5 Å². The molecule has 0 unspecified atom stereocenters. The number of rotatable bonds is 6. The van der Waals surface area contributed by atoms with Crippen LogP contribution in [-0.4, -0.2) is 38.7 Å². The molecular formula is C30H27N3O5S. The molecule has 1 saturated heterocycles. The number of nitrogens with zero attached hydrogens (tertiary/aromatic N) is 2. The predicted octanol–water partition coefficient (Wildman–Crippen LogP) is 6.21. The molecule has 1 amide bonds. The van der Waals surface area contributed by atoms with Crippen LogP contribution in [0.15, 0.2) is 95.3 Å². The second-order valence-corrected chi connectivity index (χ2v) is 9.46. The van der Waals surface area contributed by atoms with Crippen LogP contribution in [0.1, 0.15) is 24.0 Å². The number of aromatic hydroxyl groups is 1. The van der Waals surface area contributed by atoms with Crippen molar-refractivity contribution in [1.29, 1.82) is 0 Å². The maximum absolute atomic E-state index is 12.7. The van der Waals surface area contributed by atoms with Crippen LogP contribution >= 0.6 is 12.2 Å². The number of hydrogen-bond donors (Lipinski definition) is 2. The number of ether oxygens (including phenoxy) is 2. The van der Waals surface area contributed by atoms with Crippen molar-refractivity contribution >= 4 is 24.4 Å². The smallest absolute Gasteiger partial charge is 0.410 e. The van der Waals surface area contributed by atoms with Crippen LogP contribution in [0.25, 0.3) is 11.8 Å². The number of likely N-dealkylation sites (tertiary alicyclic amines) is 1. The second-order valence-electron chi connectivity index (χ2n) is 9.07. The fourth-order valence-electron chi connectivity index (χ4n) is 4.33. The van der Waals surface area contributed by atoms with Crippen molar-refractivity contribution in [2.24, 2.45) is 0 Å². The highest BCUT2D eigenvalue weighted by Gasteiger charge is 2.21. The Morgan fingerprint density at radius 1 is 0.923 bits per heavy atom. The molecule has 1 aliphatic rings. The topological polar surface area (TPSA) is 96.8 Å². The number of amides is 1. The minimum absolute atomic E-state index is 0.0763. The number of para-hydroxylation sites is 1. The maximum atomic E-state index is 12.7. The number of carbonyl (C=O) groups is 1. The third-order valence-electron chi connectivity index (χ3n) is 6.41. The van der Waals surface area contributed by atoms with E-state index < -0.39 is 5.56 Å². The van der Waals surface area contributed by atoms with Crippen LogP contribution in [0.3, 0.4) is 0 Å². The number of carbonyl (C=O) groups excluding carboxylic acids is 1.